The Hall–Kier alpha value is -0.990. The van der Waals surface area contributed by atoms with E-state index in [1.54, 1.807) is 6.92 Å². The summed E-state index contributed by atoms with van der Waals surface area (Å²) in [7, 11) is 0. The predicted molar refractivity (Wildman–Crippen MR) is 31.1 cm³/mol. The van der Waals surface area contributed by atoms with Gasteiger partial charge in [0.15, 0.2) is 0 Å². The first-order chi connectivity index (χ1) is 4.31. The highest BCUT2D eigenvalue weighted by molar-refractivity contribution is 5.70. The molecule has 0 aliphatic heterocycles. The summed E-state index contributed by atoms with van der Waals surface area (Å²) in [4.78, 5) is 10.4. The van der Waals surface area contributed by atoms with Crippen LogP contribution in [0.15, 0.2) is 12.3 Å². The van der Waals surface area contributed by atoms with E-state index in [0.717, 1.165) is 0 Å². The van der Waals surface area contributed by atoms with Gasteiger partial charge in [0.25, 0.3) is 0 Å². The van der Waals surface area contributed by atoms with Crippen LogP contribution in [0.25, 0.3) is 0 Å². The highest BCUT2D eigenvalue weighted by Crippen LogP contribution is 1.86. The number of hydrogen-bond acceptors (Lipinski definition) is 2. The van der Waals surface area contributed by atoms with Crippen molar-refractivity contribution in [3.05, 3.63) is 12.3 Å². The van der Waals surface area contributed by atoms with Crippen LogP contribution in [0.5, 0.6) is 0 Å². The summed E-state index contributed by atoms with van der Waals surface area (Å²) < 4.78 is 4.51. The minimum absolute atomic E-state index is 0.0807. The van der Waals surface area contributed by atoms with Crippen LogP contribution in [0.4, 0.5) is 0 Å². The van der Waals surface area contributed by atoms with Crippen LogP contribution in [-0.2, 0) is 14.6 Å². The summed E-state index contributed by atoms with van der Waals surface area (Å²) >= 11 is 0. The van der Waals surface area contributed by atoms with Crippen molar-refractivity contribution in [3.8, 4) is 0 Å². The number of ether oxygens (including phenoxy) is 1. The molecule has 3 nitrogen and oxygen atoms in total. The van der Waals surface area contributed by atoms with Gasteiger partial charge < -0.3 is 4.74 Å². The van der Waals surface area contributed by atoms with Gasteiger partial charge in [-0.25, -0.2) is 0 Å². The second-order valence-electron chi connectivity index (χ2n) is 1.38. The van der Waals surface area contributed by atoms with Crippen molar-refractivity contribution in [2.24, 2.45) is 0 Å². The quantitative estimate of drug-likeness (QED) is 0.419. The van der Waals surface area contributed by atoms with E-state index in [0.29, 0.717) is 12.9 Å². The second-order valence-corrected chi connectivity index (χ2v) is 1.38. The Morgan fingerprint density at radius 3 is 2.78 bits per heavy atom. The maximum absolute atomic E-state index is 10.4. The molecule has 0 amide bonds. The van der Waals surface area contributed by atoms with Crippen molar-refractivity contribution in [2.75, 3.05) is 6.61 Å². The van der Waals surface area contributed by atoms with Crippen LogP contribution in [-0.4, -0.2) is 12.6 Å². The van der Waals surface area contributed by atoms with Crippen LogP contribution in [0, 0.1) is 0 Å². The molecule has 0 atom stereocenters. The molecule has 0 aromatic carbocycles. The number of rotatable bonds is 3. The molecule has 51 valence electrons. The Kier molecular flexibility index (Phi) is 4.59. The van der Waals surface area contributed by atoms with Gasteiger partial charge in [-0.1, -0.05) is 0 Å². The van der Waals surface area contributed by atoms with Gasteiger partial charge in [-0.3, -0.25) is 9.90 Å². The Balaban J connectivity index is 3.27. The summed E-state index contributed by atoms with van der Waals surface area (Å²) in [6, 6.07) is 0. The third-order valence-corrected chi connectivity index (χ3v) is 0.686. The fraction of sp³-hybridized carbons (Fsp3) is 0.500. The first-order valence-electron chi connectivity index (χ1n) is 2.73. The van der Waals surface area contributed by atoms with Crippen molar-refractivity contribution in [2.45, 2.75) is 13.3 Å². The van der Waals surface area contributed by atoms with Gasteiger partial charge in [-0.05, 0) is 13.0 Å². The fourth-order valence-electron chi connectivity index (χ4n) is 0.364. The average Bonchev–Trinajstić information content (AvgIpc) is 1.85. The molecular formula is C6H9O3. The Labute approximate surface area is 53.9 Å². The lowest BCUT2D eigenvalue weighted by Gasteiger charge is -1.94. The zero-order valence-corrected chi connectivity index (χ0v) is 5.29. The van der Waals surface area contributed by atoms with E-state index < -0.39 is 0 Å². The van der Waals surface area contributed by atoms with Crippen molar-refractivity contribution >= 4 is 5.97 Å². The average molecular weight is 129 g/mol. The maximum atomic E-state index is 10.4. The van der Waals surface area contributed by atoms with Gasteiger partial charge in [0, 0.05) is 0 Å². The fourth-order valence-corrected chi connectivity index (χ4v) is 0.364. The summed E-state index contributed by atoms with van der Waals surface area (Å²) in [5.74, 6) is -0.357. The molecule has 0 aromatic heterocycles. The number of esters is 1. The second kappa shape index (κ2) is 5.15. The van der Waals surface area contributed by atoms with E-state index in [9.17, 15) is 9.90 Å². The molecule has 0 N–H and O–H groups in total. The molecule has 0 unspecified atom stereocenters. The van der Waals surface area contributed by atoms with E-state index in [2.05, 4.69) is 4.74 Å². The monoisotopic (exact) mass is 129 g/mol. The first-order valence-corrected chi connectivity index (χ1v) is 2.73. The lowest BCUT2D eigenvalue weighted by atomic mass is 10.4. The summed E-state index contributed by atoms with van der Waals surface area (Å²) in [6.45, 7) is 2.09. The Morgan fingerprint density at radius 1 is 1.67 bits per heavy atom. The van der Waals surface area contributed by atoms with Gasteiger partial charge in [0.2, 0.25) is 0 Å². The third-order valence-electron chi connectivity index (χ3n) is 0.686. The van der Waals surface area contributed by atoms with Crippen LogP contribution in [0.1, 0.15) is 13.3 Å². The lowest BCUT2D eigenvalue weighted by molar-refractivity contribution is -0.142. The molecule has 0 saturated heterocycles. The van der Waals surface area contributed by atoms with Crippen molar-refractivity contribution < 1.29 is 14.6 Å². The predicted octanol–water partition coefficient (Wildman–Crippen LogP) is 0.884. The molecule has 3 heteroatoms. The van der Waals surface area contributed by atoms with Crippen molar-refractivity contribution in [1.82, 2.24) is 0 Å². The molecule has 0 aliphatic carbocycles. The van der Waals surface area contributed by atoms with E-state index in [-0.39, 0.29) is 12.4 Å². The summed E-state index contributed by atoms with van der Waals surface area (Å²) in [6.07, 6.45) is 1.88. The van der Waals surface area contributed by atoms with E-state index in [1.165, 1.54) is 6.08 Å². The topological polar surface area (TPSA) is 46.2 Å². The minimum Gasteiger partial charge on any atom is -0.466 e. The van der Waals surface area contributed by atoms with Crippen LogP contribution in [0.3, 0.4) is 0 Å². The van der Waals surface area contributed by atoms with Gasteiger partial charge in [0.1, 0.15) is 6.26 Å². The highest BCUT2D eigenvalue weighted by Gasteiger charge is 1.94. The summed E-state index contributed by atoms with van der Waals surface area (Å²) in [5.41, 5.74) is 0. The molecular weight excluding hydrogens is 120 g/mol. The molecule has 0 rings (SSSR count). The van der Waals surface area contributed by atoms with Gasteiger partial charge in [-0.15, -0.1) is 0 Å². The molecule has 9 heavy (non-hydrogen) atoms. The normalized spacial score (nSPS) is 9.89. The van der Waals surface area contributed by atoms with E-state index in [4.69, 9.17) is 0 Å². The van der Waals surface area contributed by atoms with Crippen molar-refractivity contribution in [3.63, 3.8) is 0 Å². The third kappa shape index (κ3) is 4.87. The van der Waals surface area contributed by atoms with E-state index in [1.807, 2.05) is 0 Å². The molecule has 0 fully saturated rings. The SMILES string of the molecule is CCOC(=O)C/C=C\[O]. The molecule has 1 radical (unpaired) electrons. The molecule has 0 spiro atoms. The largest absolute Gasteiger partial charge is 0.466 e. The van der Waals surface area contributed by atoms with Gasteiger partial charge in [0.05, 0.1) is 13.0 Å². The smallest absolute Gasteiger partial charge is 0.309 e. The molecule has 0 aliphatic rings. The summed E-state index contributed by atoms with van der Waals surface area (Å²) in [5, 5.41) is 9.65. The molecule has 0 bridgehead atoms. The Morgan fingerprint density at radius 2 is 2.33 bits per heavy atom. The number of carbonyl (C=O) groups excluding carboxylic acids is 1. The number of hydrogen-bond donors (Lipinski definition) is 0. The minimum atomic E-state index is -0.357. The zero-order valence-electron chi connectivity index (χ0n) is 5.29. The molecule has 0 aromatic rings. The molecule has 0 saturated carbocycles. The van der Waals surface area contributed by atoms with Crippen LogP contribution >= 0.6 is 0 Å². The van der Waals surface area contributed by atoms with Crippen LogP contribution in [0.2, 0.25) is 0 Å². The Bertz CT molecular complexity index is 107. The van der Waals surface area contributed by atoms with Crippen molar-refractivity contribution in [1.29, 1.82) is 0 Å². The first kappa shape index (κ1) is 8.01. The van der Waals surface area contributed by atoms with E-state index >= 15 is 0 Å². The standard InChI is InChI=1S/C6H9O3/c1-2-9-6(8)4-3-5-7/h3,5H,2,4H2,1H3/b5-3-. The lowest BCUT2D eigenvalue weighted by Crippen LogP contribution is -2.01. The molecule has 0 heterocycles. The zero-order chi connectivity index (χ0) is 7.11. The van der Waals surface area contributed by atoms with Crippen LogP contribution < -0.4 is 0 Å². The maximum Gasteiger partial charge on any atom is 0.309 e. The number of carbonyl (C=O) groups is 1. The highest BCUT2D eigenvalue weighted by atomic mass is 16.5. The van der Waals surface area contributed by atoms with Gasteiger partial charge in [-0.2, -0.15) is 0 Å². The van der Waals surface area contributed by atoms with Gasteiger partial charge >= 0.3 is 5.97 Å².